The highest BCUT2D eigenvalue weighted by atomic mass is 16.5. The number of piperidine rings is 1. The first kappa shape index (κ1) is 19.3. The number of hydrogen-bond acceptors (Lipinski definition) is 4. The van der Waals surface area contributed by atoms with Crippen molar-refractivity contribution in [2.24, 2.45) is 10.9 Å². The molecule has 1 unspecified atom stereocenters. The van der Waals surface area contributed by atoms with Crippen molar-refractivity contribution in [3.05, 3.63) is 17.5 Å². The van der Waals surface area contributed by atoms with Crippen molar-refractivity contribution in [1.29, 1.82) is 0 Å². The van der Waals surface area contributed by atoms with Gasteiger partial charge in [-0.3, -0.25) is 14.9 Å². The summed E-state index contributed by atoms with van der Waals surface area (Å²) >= 11 is 0. The number of aryl methyl sites for hydroxylation is 2. The Morgan fingerprint density at radius 2 is 2.36 bits per heavy atom. The van der Waals surface area contributed by atoms with Gasteiger partial charge in [-0.15, -0.1) is 0 Å². The predicted octanol–water partition coefficient (Wildman–Crippen LogP) is 1.89. The molecule has 0 aliphatic carbocycles. The van der Waals surface area contributed by atoms with Crippen molar-refractivity contribution < 1.29 is 9.53 Å². The molecular weight excluding hydrogens is 318 g/mol. The Bertz CT molecular complexity index is 570. The normalized spacial score (nSPS) is 18.3. The van der Waals surface area contributed by atoms with E-state index in [1.54, 1.807) is 0 Å². The zero-order valence-corrected chi connectivity index (χ0v) is 15.7. The lowest BCUT2D eigenvalue weighted by atomic mass is 9.98. The van der Waals surface area contributed by atoms with Gasteiger partial charge in [0.2, 0.25) is 0 Å². The second kappa shape index (κ2) is 10.1. The number of likely N-dealkylation sites (tertiary alicyclic amines) is 1. The maximum atomic E-state index is 12.0. The van der Waals surface area contributed by atoms with Crippen LogP contribution in [0.4, 0.5) is 0 Å². The first-order valence-electron chi connectivity index (χ1n) is 9.34. The average molecular weight is 349 g/mol. The zero-order chi connectivity index (χ0) is 18.1. The number of rotatable bonds is 7. The second-order valence-corrected chi connectivity index (χ2v) is 6.40. The molecule has 7 nitrogen and oxygen atoms in total. The number of hydrogen-bond donors (Lipinski definition) is 2. The van der Waals surface area contributed by atoms with Gasteiger partial charge in [-0.2, -0.15) is 5.10 Å². The largest absolute Gasteiger partial charge is 0.466 e. The van der Waals surface area contributed by atoms with Gasteiger partial charge in [0, 0.05) is 31.9 Å². The minimum Gasteiger partial charge on any atom is -0.466 e. The van der Waals surface area contributed by atoms with E-state index < -0.39 is 0 Å². The van der Waals surface area contributed by atoms with E-state index in [4.69, 9.17) is 9.73 Å². The number of H-pyrrole nitrogens is 1. The molecule has 2 heterocycles. The lowest BCUT2D eigenvalue weighted by Crippen LogP contribution is -2.48. The van der Waals surface area contributed by atoms with E-state index in [0.29, 0.717) is 13.2 Å². The number of carbonyl (C=O) groups is 1. The monoisotopic (exact) mass is 349 g/mol. The van der Waals surface area contributed by atoms with Crippen LogP contribution in [0.25, 0.3) is 0 Å². The van der Waals surface area contributed by atoms with Crippen LogP contribution in [0.5, 0.6) is 0 Å². The highest BCUT2D eigenvalue weighted by Crippen LogP contribution is 2.18. The van der Waals surface area contributed by atoms with Crippen LogP contribution in [-0.2, 0) is 16.0 Å². The molecule has 1 aromatic heterocycles. The summed E-state index contributed by atoms with van der Waals surface area (Å²) in [4.78, 5) is 19.0. The number of nitrogens with zero attached hydrogens (tertiary/aromatic N) is 3. The summed E-state index contributed by atoms with van der Waals surface area (Å²) in [6.45, 7) is 9.60. The summed E-state index contributed by atoms with van der Waals surface area (Å²) in [6.07, 6.45) is 5.72. The number of carbonyl (C=O) groups excluding carboxylic acids is 1. The number of guanidine groups is 1. The van der Waals surface area contributed by atoms with Crippen molar-refractivity contribution in [3.8, 4) is 0 Å². The molecule has 1 aliphatic heterocycles. The van der Waals surface area contributed by atoms with Crippen molar-refractivity contribution in [2.75, 3.05) is 32.8 Å². The molecule has 1 aliphatic rings. The molecule has 1 aromatic rings. The van der Waals surface area contributed by atoms with Gasteiger partial charge < -0.3 is 15.0 Å². The molecule has 0 amide bonds. The number of aliphatic imine (C=N–C) groups is 1. The van der Waals surface area contributed by atoms with Crippen molar-refractivity contribution >= 4 is 11.9 Å². The topological polar surface area (TPSA) is 82.6 Å². The fourth-order valence-corrected chi connectivity index (χ4v) is 3.13. The van der Waals surface area contributed by atoms with E-state index in [1.807, 2.05) is 20.0 Å². The van der Waals surface area contributed by atoms with E-state index in [0.717, 1.165) is 57.0 Å². The Balaban J connectivity index is 1.89. The van der Waals surface area contributed by atoms with Gasteiger partial charge in [-0.25, -0.2) is 0 Å². The molecule has 0 bridgehead atoms. The molecular formula is C18H31N5O2. The maximum absolute atomic E-state index is 12.0. The molecule has 1 atom stereocenters. The standard InChI is InChI=1S/C18H31N5O2/c1-4-19-18(20-10-6-8-15-12-21-22-14(15)3)23-11-7-9-16(13-23)17(24)25-5-2/h12,16H,4-11,13H2,1-3H3,(H,19,20)(H,21,22). The molecule has 0 radical (unpaired) electrons. The third-order valence-electron chi connectivity index (χ3n) is 4.48. The van der Waals surface area contributed by atoms with Crippen LogP contribution >= 0.6 is 0 Å². The summed E-state index contributed by atoms with van der Waals surface area (Å²) in [7, 11) is 0. The number of ether oxygens (including phenoxy) is 1. The van der Waals surface area contributed by atoms with Crippen LogP contribution in [0.15, 0.2) is 11.2 Å². The lowest BCUT2D eigenvalue weighted by molar-refractivity contribution is -0.149. The van der Waals surface area contributed by atoms with Crippen LogP contribution in [0.1, 0.15) is 44.4 Å². The van der Waals surface area contributed by atoms with Gasteiger partial charge in [0.1, 0.15) is 0 Å². The van der Waals surface area contributed by atoms with Crippen molar-refractivity contribution in [1.82, 2.24) is 20.4 Å². The van der Waals surface area contributed by atoms with E-state index >= 15 is 0 Å². The van der Waals surface area contributed by atoms with E-state index in [2.05, 4.69) is 27.3 Å². The third kappa shape index (κ3) is 5.76. The molecule has 0 spiro atoms. The first-order valence-corrected chi connectivity index (χ1v) is 9.34. The first-order chi connectivity index (χ1) is 12.2. The Morgan fingerprint density at radius 1 is 1.52 bits per heavy atom. The third-order valence-corrected chi connectivity index (χ3v) is 4.48. The fourth-order valence-electron chi connectivity index (χ4n) is 3.13. The van der Waals surface area contributed by atoms with Gasteiger partial charge in [0.15, 0.2) is 5.96 Å². The van der Waals surface area contributed by atoms with E-state index in [9.17, 15) is 4.79 Å². The number of aromatic nitrogens is 2. The average Bonchev–Trinajstić information content (AvgIpc) is 3.03. The Morgan fingerprint density at radius 3 is 3.04 bits per heavy atom. The van der Waals surface area contributed by atoms with Crippen LogP contribution in [0, 0.1) is 12.8 Å². The predicted molar refractivity (Wildman–Crippen MR) is 98.6 cm³/mol. The molecule has 0 saturated carbocycles. The summed E-state index contributed by atoms with van der Waals surface area (Å²) in [5.74, 6) is 0.769. The minimum absolute atomic E-state index is 0.0499. The van der Waals surface area contributed by atoms with Crippen LogP contribution in [-0.4, -0.2) is 59.8 Å². The van der Waals surface area contributed by atoms with Crippen LogP contribution < -0.4 is 5.32 Å². The lowest BCUT2D eigenvalue weighted by Gasteiger charge is -2.34. The molecule has 0 aromatic carbocycles. The highest BCUT2D eigenvalue weighted by molar-refractivity contribution is 5.81. The number of aromatic amines is 1. The molecule has 25 heavy (non-hydrogen) atoms. The van der Waals surface area contributed by atoms with Crippen molar-refractivity contribution in [3.63, 3.8) is 0 Å². The molecule has 7 heteroatoms. The van der Waals surface area contributed by atoms with Crippen LogP contribution in [0.2, 0.25) is 0 Å². The summed E-state index contributed by atoms with van der Waals surface area (Å²) in [5, 5.41) is 10.4. The second-order valence-electron chi connectivity index (χ2n) is 6.40. The number of nitrogens with one attached hydrogen (secondary N) is 2. The summed E-state index contributed by atoms with van der Waals surface area (Å²) in [5.41, 5.74) is 2.38. The molecule has 1 saturated heterocycles. The van der Waals surface area contributed by atoms with Gasteiger partial charge in [0.05, 0.1) is 18.7 Å². The van der Waals surface area contributed by atoms with Gasteiger partial charge in [-0.05, 0) is 52.0 Å². The quantitative estimate of drug-likeness (QED) is 0.340. The molecule has 2 N–H and O–H groups in total. The zero-order valence-electron chi connectivity index (χ0n) is 15.7. The van der Waals surface area contributed by atoms with Gasteiger partial charge in [0.25, 0.3) is 0 Å². The van der Waals surface area contributed by atoms with Crippen LogP contribution in [0.3, 0.4) is 0 Å². The Kier molecular flexibility index (Phi) is 7.76. The van der Waals surface area contributed by atoms with E-state index in [1.165, 1.54) is 5.56 Å². The fraction of sp³-hybridized carbons (Fsp3) is 0.722. The minimum atomic E-state index is -0.0847. The van der Waals surface area contributed by atoms with Crippen molar-refractivity contribution in [2.45, 2.75) is 46.5 Å². The molecule has 1 fully saturated rings. The Labute approximate surface area is 150 Å². The molecule has 2 rings (SSSR count). The van der Waals surface area contributed by atoms with Gasteiger partial charge >= 0.3 is 5.97 Å². The number of esters is 1. The summed E-state index contributed by atoms with van der Waals surface area (Å²) < 4.78 is 5.19. The SMILES string of the molecule is CCNC(=NCCCc1cn[nH]c1C)N1CCCC(C(=O)OCC)C1. The molecule has 140 valence electrons. The smallest absolute Gasteiger partial charge is 0.310 e. The Hall–Kier alpha value is -2.05. The van der Waals surface area contributed by atoms with Gasteiger partial charge in [-0.1, -0.05) is 0 Å². The highest BCUT2D eigenvalue weighted by Gasteiger charge is 2.28. The maximum Gasteiger partial charge on any atom is 0.310 e. The summed E-state index contributed by atoms with van der Waals surface area (Å²) in [6, 6.07) is 0. The van der Waals surface area contributed by atoms with E-state index in [-0.39, 0.29) is 11.9 Å².